The highest BCUT2D eigenvalue weighted by molar-refractivity contribution is 5.84. The van der Waals surface area contributed by atoms with Crippen molar-refractivity contribution in [3.8, 4) is 5.75 Å². The maximum atomic E-state index is 12.1. The van der Waals surface area contributed by atoms with E-state index in [-0.39, 0.29) is 5.41 Å². The predicted molar refractivity (Wildman–Crippen MR) is 96.8 cm³/mol. The van der Waals surface area contributed by atoms with Crippen molar-refractivity contribution in [1.29, 1.82) is 0 Å². The van der Waals surface area contributed by atoms with Crippen LogP contribution in [0.4, 0.5) is 5.69 Å². The van der Waals surface area contributed by atoms with Crippen LogP contribution >= 0.6 is 0 Å². The van der Waals surface area contributed by atoms with Gasteiger partial charge in [-0.3, -0.25) is 4.79 Å². The molecule has 0 saturated heterocycles. The van der Waals surface area contributed by atoms with Gasteiger partial charge in [-0.25, -0.2) is 0 Å². The van der Waals surface area contributed by atoms with Gasteiger partial charge in [0.25, 0.3) is 0 Å². The number of benzene rings is 1. The van der Waals surface area contributed by atoms with Gasteiger partial charge in [-0.05, 0) is 36.6 Å². The zero-order valence-corrected chi connectivity index (χ0v) is 14.9. The van der Waals surface area contributed by atoms with Gasteiger partial charge in [0.05, 0.1) is 0 Å². The van der Waals surface area contributed by atoms with Gasteiger partial charge in [0.15, 0.2) is 0 Å². The fourth-order valence-corrected chi connectivity index (χ4v) is 2.60. The molecule has 0 aliphatic carbocycles. The monoisotopic (exact) mass is 313 g/mol. The first-order valence-corrected chi connectivity index (χ1v) is 8.11. The number of ketones is 1. The molecule has 1 aliphatic heterocycles. The largest absolute Gasteiger partial charge is 0.457 e. The van der Waals surface area contributed by atoms with Crippen molar-refractivity contribution in [3.05, 3.63) is 42.2 Å². The van der Waals surface area contributed by atoms with E-state index in [0.717, 1.165) is 29.8 Å². The molecule has 1 aliphatic rings. The van der Waals surface area contributed by atoms with Crippen LogP contribution in [0, 0.1) is 5.41 Å². The molecule has 1 heterocycles. The fraction of sp³-hybridized carbons (Fsp3) is 0.450. The molecule has 0 N–H and O–H groups in total. The van der Waals surface area contributed by atoms with E-state index in [4.69, 9.17) is 4.74 Å². The first-order chi connectivity index (χ1) is 10.7. The van der Waals surface area contributed by atoms with Crippen LogP contribution < -0.4 is 9.64 Å². The predicted octanol–water partition coefficient (Wildman–Crippen LogP) is 4.83. The summed E-state index contributed by atoms with van der Waals surface area (Å²) in [7, 11) is 4.02. The second kappa shape index (κ2) is 6.61. The first-order valence-electron chi connectivity index (χ1n) is 8.11. The SMILES string of the molecule is C=C1C=C(CCCC(=O)C(C)(C)C)c2ccc(N(C)C)cc2O1. The van der Waals surface area contributed by atoms with Gasteiger partial charge in [-0.15, -0.1) is 0 Å². The minimum Gasteiger partial charge on any atom is -0.457 e. The molecule has 0 bridgehead atoms. The summed E-state index contributed by atoms with van der Waals surface area (Å²) in [5, 5.41) is 0. The number of rotatable bonds is 5. The van der Waals surface area contributed by atoms with Crippen LogP contribution in [0.5, 0.6) is 5.75 Å². The third kappa shape index (κ3) is 4.25. The van der Waals surface area contributed by atoms with Crippen LogP contribution in [-0.4, -0.2) is 19.9 Å². The van der Waals surface area contributed by atoms with Gasteiger partial charge in [0.2, 0.25) is 0 Å². The van der Waals surface area contributed by atoms with Gasteiger partial charge >= 0.3 is 0 Å². The highest BCUT2D eigenvalue weighted by Crippen LogP contribution is 2.38. The lowest BCUT2D eigenvalue weighted by molar-refractivity contribution is -0.126. The van der Waals surface area contributed by atoms with Gasteiger partial charge in [0.1, 0.15) is 17.3 Å². The smallest absolute Gasteiger partial charge is 0.138 e. The van der Waals surface area contributed by atoms with E-state index in [0.29, 0.717) is 18.0 Å². The molecule has 3 nitrogen and oxygen atoms in total. The molecule has 0 spiro atoms. The Hall–Kier alpha value is -2.03. The molecule has 0 fully saturated rings. The average Bonchev–Trinajstić information content (AvgIpc) is 2.45. The summed E-state index contributed by atoms with van der Waals surface area (Å²) < 4.78 is 5.77. The fourth-order valence-electron chi connectivity index (χ4n) is 2.60. The number of carbonyl (C=O) groups is 1. The number of Topliss-reactive ketones (excluding diaryl/α,β-unsaturated/α-hetero) is 1. The Balaban J connectivity index is 2.12. The summed E-state index contributed by atoms with van der Waals surface area (Å²) in [6.45, 7) is 9.87. The van der Waals surface area contributed by atoms with Gasteiger partial charge in [-0.1, -0.05) is 27.4 Å². The molecule has 1 aromatic rings. The lowest BCUT2D eigenvalue weighted by Crippen LogP contribution is -2.19. The molecule has 0 saturated carbocycles. The summed E-state index contributed by atoms with van der Waals surface area (Å²) in [5.41, 5.74) is 3.14. The van der Waals surface area contributed by atoms with E-state index >= 15 is 0 Å². The quantitative estimate of drug-likeness (QED) is 0.780. The molecule has 0 amide bonds. The Bertz CT molecular complexity index is 648. The van der Waals surface area contributed by atoms with Crippen LogP contribution in [0.15, 0.2) is 36.6 Å². The third-order valence-corrected chi connectivity index (χ3v) is 4.09. The minimum atomic E-state index is -0.258. The zero-order valence-electron chi connectivity index (χ0n) is 14.9. The molecule has 3 heteroatoms. The van der Waals surface area contributed by atoms with Crippen LogP contribution in [0.3, 0.4) is 0 Å². The minimum absolute atomic E-state index is 0.258. The Labute approximate surface area is 139 Å². The van der Waals surface area contributed by atoms with E-state index in [9.17, 15) is 4.79 Å². The molecule has 23 heavy (non-hydrogen) atoms. The van der Waals surface area contributed by atoms with Crippen molar-refractivity contribution in [2.75, 3.05) is 19.0 Å². The number of hydrogen-bond acceptors (Lipinski definition) is 3. The van der Waals surface area contributed by atoms with E-state index in [1.807, 2.05) is 51.9 Å². The third-order valence-electron chi connectivity index (χ3n) is 4.09. The lowest BCUT2D eigenvalue weighted by Gasteiger charge is -2.23. The van der Waals surface area contributed by atoms with Gasteiger partial charge in [0, 0.05) is 43.2 Å². The molecule has 0 radical (unpaired) electrons. The van der Waals surface area contributed by atoms with E-state index < -0.39 is 0 Å². The number of fused-ring (bicyclic) bond motifs is 1. The zero-order chi connectivity index (χ0) is 17.2. The van der Waals surface area contributed by atoms with E-state index in [1.54, 1.807) is 0 Å². The number of allylic oxidation sites excluding steroid dienone is 2. The van der Waals surface area contributed by atoms with Crippen molar-refractivity contribution < 1.29 is 9.53 Å². The number of nitrogens with zero attached hydrogens (tertiary/aromatic N) is 1. The second-order valence-corrected chi connectivity index (χ2v) is 7.34. The van der Waals surface area contributed by atoms with E-state index in [2.05, 4.69) is 18.7 Å². The van der Waals surface area contributed by atoms with E-state index in [1.165, 1.54) is 5.57 Å². The highest BCUT2D eigenvalue weighted by atomic mass is 16.5. The maximum Gasteiger partial charge on any atom is 0.138 e. The van der Waals surface area contributed by atoms with Crippen LogP contribution in [0.2, 0.25) is 0 Å². The Kier molecular flexibility index (Phi) is 4.98. The van der Waals surface area contributed by atoms with Crippen molar-refractivity contribution in [2.24, 2.45) is 5.41 Å². The van der Waals surface area contributed by atoms with Gasteiger partial charge in [-0.2, -0.15) is 0 Å². The number of anilines is 1. The highest BCUT2D eigenvalue weighted by Gasteiger charge is 2.21. The second-order valence-electron chi connectivity index (χ2n) is 7.34. The normalized spacial score (nSPS) is 14.0. The van der Waals surface area contributed by atoms with Crippen LogP contribution in [0.1, 0.15) is 45.6 Å². The molecular weight excluding hydrogens is 286 g/mol. The number of carbonyl (C=O) groups excluding carboxylic acids is 1. The van der Waals surface area contributed by atoms with Crippen LogP contribution in [-0.2, 0) is 4.79 Å². The maximum absolute atomic E-state index is 12.1. The number of ether oxygens (including phenoxy) is 1. The Morgan fingerprint density at radius 3 is 2.57 bits per heavy atom. The Morgan fingerprint density at radius 1 is 1.26 bits per heavy atom. The average molecular weight is 313 g/mol. The topological polar surface area (TPSA) is 29.5 Å². The molecule has 1 aromatic carbocycles. The molecule has 0 aromatic heterocycles. The molecule has 0 atom stereocenters. The summed E-state index contributed by atoms with van der Waals surface area (Å²) >= 11 is 0. The van der Waals surface area contributed by atoms with Crippen molar-refractivity contribution in [1.82, 2.24) is 0 Å². The summed E-state index contributed by atoms with van der Waals surface area (Å²) in [6, 6.07) is 6.22. The molecule has 124 valence electrons. The Morgan fingerprint density at radius 2 is 1.96 bits per heavy atom. The standard InChI is InChI=1S/C20H27NO2/c1-14-12-15(8-7-9-19(22)20(2,3)4)17-11-10-16(21(5)6)13-18(17)23-14/h10-13H,1,7-9H2,2-6H3. The number of hydrogen-bond donors (Lipinski definition) is 0. The summed E-state index contributed by atoms with van der Waals surface area (Å²) in [6.07, 6.45) is 4.31. The molecular formula is C20H27NO2. The van der Waals surface area contributed by atoms with Crippen molar-refractivity contribution >= 4 is 17.0 Å². The van der Waals surface area contributed by atoms with Crippen LogP contribution in [0.25, 0.3) is 5.57 Å². The first kappa shape index (κ1) is 17.3. The molecule has 0 unspecified atom stereocenters. The lowest BCUT2D eigenvalue weighted by atomic mass is 9.87. The van der Waals surface area contributed by atoms with Gasteiger partial charge < -0.3 is 9.64 Å². The van der Waals surface area contributed by atoms with Crippen molar-refractivity contribution in [3.63, 3.8) is 0 Å². The summed E-state index contributed by atoms with van der Waals surface area (Å²) in [5.74, 6) is 1.82. The molecule has 2 rings (SSSR count). The summed E-state index contributed by atoms with van der Waals surface area (Å²) in [4.78, 5) is 14.1. The van der Waals surface area contributed by atoms with Crippen molar-refractivity contribution in [2.45, 2.75) is 40.0 Å².